The van der Waals surface area contributed by atoms with Gasteiger partial charge in [0.1, 0.15) is 0 Å². The molecular formula is C11H13BrN2. The molecule has 1 aromatic heterocycles. The van der Waals surface area contributed by atoms with Gasteiger partial charge in [0.05, 0.1) is 0 Å². The summed E-state index contributed by atoms with van der Waals surface area (Å²) in [7, 11) is 0. The Morgan fingerprint density at radius 1 is 1.50 bits per heavy atom. The van der Waals surface area contributed by atoms with Crippen LogP contribution in [0.4, 0.5) is 0 Å². The van der Waals surface area contributed by atoms with Gasteiger partial charge >= 0.3 is 0 Å². The van der Waals surface area contributed by atoms with Crippen LogP contribution in [0, 0.1) is 0 Å². The molecule has 0 amide bonds. The quantitative estimate of drug-likeness (QED) is 0.892. The summed E-state index contributed by atoms with van der Waals surface area (Å²) in [4.78, 5) is 4.09. The molecule has 0 saturated heterocycles. The second-order valence-corrected chi connectivity index (χ2v) is 4.44. The molecule has 1 N–H and O–H groups in total. The lowest BCUT2D eigenvalue weighted by molar-refractivity contribution is 0.754. The Hall–Kier alpha value is -0.670. The van der Waals surface area contributed by atoms with E-state index in [9.17, 15) is 0 Å². The van der Waals surface area contributed by atoms with Crippen molar-refractivity contribution in [1.29, 1.82) is 0 Å². The third-order valence-electron chi connectivity index (χ3n) is 2.14. The van der Waals surface area contributed by atoms with Crippen molar-refractivity contribution in [2.75, 3.05) is 6.54 Å². The van der Waals surface area contributed by atoms with Crippen LogP contribution in [-0.4, -0.2) is 17.6 Å². The van der Waals surface area contributed by atoms with Crippen molar-refractivity contribution < 1.29 is 0 Å². The van der Waals surface area contributed by atoms with Gasteiger partial charge in [0.25, 0.3) is 0 Å². The van der Waals surface area contributed by atoms with Gasteiger partial charge in [-0.2, -0.15) is 0 Å². The monoisotopic (exact) mass is 252 g/mol. The van der Waals surface area contributed by atoms with Crippen molar-refractivity contribution in [1.82, 2.24) is 10.3 Å². The maximum atomic E-state index is 4.09. The number of pyridine rings is 1. The van der Waals surface area contributed by atoms with Crippen LogP contribution in [0.2, 0.25) is 0 Å². The molecule has 3 heteroatoms. The molecule has 1 fully saturated rings. The largest absolute Gasteiger partial charge is 0.311 e. The summed E-state index contributed by atoms with van der Waals surface area (Å²) < 4.78 is 1.02. The SMILES string of the molecule is Brc1cncc(/C=C/CNC2CC2)c1. The van der Waals surface area contributed by atoms with Crippen molar-refractivity contribution in [2.24, 2.45) is 0 Å². The molecule has 14 heavy (non-hydrogen) atoms. The van der Waals surface area contributed by atoms with Gasteiger partial charge in [-0.3, -0.25) is 4.98 Å². The van der Waals surface area contributed by atoms with Crippen LogP contribution in [0.15, 0.2) is 29.0 Å². The lowest BCUT2D eigenvalue weighted by Gasteiger charge is -1.96. The summed E-state index contributed by atoms with van der Waals surface area (Å²) in [6, 6.07) is 2.83. The summed E-state index contributed by atoms with van der Waals surface area (Å²) in [6.07, 6.45) is 10.6. The molecule has 1 saturated carbocycles. The number of nitrogens with zero attached hydrogens (tertiary/aromatic N) is 1. The Labute approximate surface area is 92.6 Å². The Morgan fingerprint density at radius 2 is 2.36 bits per heavy atom. The Balaban J connectivity index is 1.82. The first-order valence-corrected chi connectivity index (χ1v) is 5.64. The number of aromatic nitrogens is 1. The normalized spacial score (nSPS) is 16.4. The van der Waals surface area contributed by atoms with Gasteiger partial charge in [-0.05, 0) is 40.4 Å². The summed E-state index contributed by atoms with van der Waals surface area (Å²) in [5, 5.41) is 3.42. The first kappa shape index (κ1) is 9.87. The van der Waals surface area contributed by atoms with Crippen molar-refractivity contribution in [2.45, 2.75) is 18.9 Å². The lowest BCUT2D eigenvalue weighted by Crippen LogP contribution is -2.15. The molecule has 1 aromatic rings. The highest BCUT2D eigenvalue weighted by Crippen LogP contribution is 2.18. The smallest absolute Gasteiger partial charge is 0.0410 e. The minimum Gasteiger partial charge on any atom is -0.311 e. The van der Waals surface area contributed by atoms with Crippen molar-refractivity contribution >= 4 is 22.0 Å². The number of rotatable bonds is 4. The van der Waals surface area contributed by atoms with E-state index in [1.807, 2.05) is 6.20 Å². The maximum absolute atomic E-state index is 4.09. The predicted molar refractivity (Wildman–Crippen MR) is 62.0 cm³/mol. The molecule has 0 atom stereocenters. The minimum atomic E-state index is 0.778. The van der Waals surface area contributed by atoms with Crippen LogP contribution in [0.1, 0.15) is 18.4 Å². The summed E-state index contributed by atoms with van der Waals surface area (Å²) in [5.41, 5.74) is 1.14. The molecule has 74 valence electrons. The van der Waals surface area contributed by atoms with E-state index < -0.39 is 0 Å². The average molecular weight is 253 g/mol. The van der Waals surface area contributed by atoms with Crippen molar-refractivity contribution in [3.63, 3.8) is 0 Å². The summed E-state index contributed by atoms with van der Waals surface area (Å²) >= 11 is 3.39. The first-order valence-electron chi connectivity index (χ1n) is 4.85. The van der Waals surface area contributed by atoms with E-state index in [1.165, 1.54) is 12.8 Å². The molecule has 0 aromatic carbocycles. The van der Waals surface area contributed by atoms with Gasteiger partial charge < -0.3 is 5.32 Å². The van der Waals surface area contributed by atoms with Gasteiger partial charge in [0, 0.05) is 29.5 Å². The fourth-order valence-corrected chi connectivity index (χ4v) is 1.62. The molecule has 0 spiro atoms. The average Bonchev–Trinajstić information content (AvgIpc) is 2.96. The highest BCUT2D eigenvalue weighted by molar-refractivity contribution is 9.10. The summed E-state index contributed by atoms with van der Waals surface area (Å²) in [6.45, 7) is 0.956. The molecule has 1 aliphatic rings. The van der Waals surface area contributed by atoms with Gasteiger partial charge in [-0.25, -0.2) is 0 Å². The van der Waals surface area contributed by atoms with E-state index in [2.05, 4.69) is 44.4 Å². The third-order valence-corrected chi connectivity index (χ3v) is 2.57. The molecule has 0 aliphatic heterocycles. The van der Waals surface area contributed by atoms with Crippen LogP contribution in [-0.2, 0) is 0 Å². The molecular weight excluding hydrogens is 240 g/mol. The fraction of sp³-hybridized carbons (Fsp3) is 0.364. The molecule has 0 radical (unpaired) electrons. The predicted octanol–water partition coefficient (Wildman–Crippen LogP) is 2.61. The highest BCUT2D eigenvalue weighted by atomic mass is 79.9. The van der Waals surface area contributed by atoms with E-state index >= 15 is 0 Å². The number of halogens is 1. The molecule has 0 bridgehead atoms. The molecule has 1 heterocycles. The van der Waals surface area contributed by atoms with E-state index in [1.54, 1.807) is 6.20 Å². The summed E-state index contributed by atoms with van der Waals surface area (Å²) in [5.74, 6) is 0. The Morgan fingerprint density at radius 3 is 3.07 bits per heavy atom. The number of nitrogens with one attached hydrogen (secondary N) is 1. The topological polar surface area (TPSA) is 24.9 Å². The van der Waals surface area contributed by atoms with Gasteiger partial charge in [-0.1, -0.05) is 12.2 Å². The highest BCUT2D eigenvalue weighted by Gasteiger charge is 2.18. The van der Waals surface area contributed by atoms with Crippen LogP contribution in [0.5, 0.6) is 0 Å². The van der Waals surface area contributed by atoms with Gasteiger partial charge in [0.2, 0.25) is 0 Å². The van der Waals surface area contributed by atoms with Crippen molar-refractivity contribution in [3.05, 3.63) is 34.6 Å². The van der Waals surface area contributed by atoms with E-state index in [-0.39, 0.29) is 0 Å². The lowest BCUT2D eigenvalue weighted by atomic mass is 10.2. The molecule has 1 aliphatic carbocycles. The molecule has 0 unspecified atom stereocenters. The standard InChI is InChI=1S/C11H13BrN2/c12-10-6-9(7-13-8-10)2-1-5-14-11-3-4-11/h1-2,6-8,11,14H,3-5H2/b2-1+. The zero-order valence-corrected chi connectivity index (χ0v) is 9.50. The number of hydrogen-bond donors (Lipinski definition) is 1. The minimum absolute atomic E-state index is 0.778. The Kier molecular flexibility index (Phi) is 3.32. The third kappa shape index (κ3) is 3.24. The molecule has 2 nitrogen and oxygen atoms in total. The van der Waals surface area contributed by atoms with Crippen molar-refractivity contribution in [3.8, 4) is 0 Å². The fourth-order valence-electron chi connectivity index (χ4n) is 1.24. The first-order chi connectivity index (χ1) is 6.84. The zero-order valence-electron chi connectivity index (χ0n) is 7.91. The van der Waals surface area contributed by atoms with Gasteiger partial charge in [0.15, 0.2) is 0 Å². The van der Waals surface area contributed by atoms with Crippen LogP contribution >= 0.6 is 15.9 Å². The van der Waals surface area contributed by atoms with Crippen LogP contribution in [0.3, 0.4) is 0 Å². The Bertz CT molecular complexity index is 332. The van der Waals surface area contributed by atoms with Crippen LogP contribution < -0.4 is 5.32 Å². The number of hydrogen-bond acceptors (Lipinski definition) is 2. The maximum Gasteiger partial charge on any atom is 0.0410 e. The molecule has 2 rings (SSSR count). The second kappa shape index (κ2) is 4.71. The van der Waals surface area contributed by atoms with E-state index in [0.717, 1.165) is 22.6 Å². The van der Waals surface area contributed by atoms with E-state index in [0.29, 0.717) is 0 Å². The second-order valence-electron chi connectivity index (χ2n) is 3.52. The van der Waals surface area contributed by atoms with E-state index in [4.69, 9.17) is 0 Å². The zero-order chi connectivity index (χ0) is 9.80. The van der Waals surface area contributed by atoms with Gasteiger partial charge in [-0.15, -0.1) is 0 Å². The van der Waals surface area contributed by atoms with Crippen LogP contribution in [0.25, 0.3) is 6.08 Å².